The molecule has 0 bridgehead atoms. The Bertz CT molecular complexity index is 9.61. The molecule has 0 amide bonds. The van der Waals surface area contributed by atoms with Crippen LogP contribution >= 0.6 is 46.0 Å². The van der Waals surface area contributed by atoms with E-state index >= 15 is 0 Å². The van der Waals surface area contributed by atoms with E-state index in [0.29, 0.717) is 0 Å². The van der Waals surface area contributed by atoms with Gasteiger partial charge >= 0.3 is 26.2 Å². The van der Waals surface area contributed by atoms with E-state index in [9.17, 15) is 0 Å². The van der Waals surface area contributed by atoms with Crippen molar-refractivity contribution < 1.29 is 27.6 Å². The van der Waals surface area contributed by atoms with E-state index in [1.54, 1.807) is 46.0 Å². The van der Waals surface area contributed by atoms with Crippen LogP contribution in [0.25, 0.3) is 0 Å². The molecular formula is H3I2NOZr+4. The van der Waals surface area contributed by atoms with Crippen LogP contribution in [-0.2, 0) is 27.6 Å². The van der Waals surface area contributed by atoms with Gasteiger partial charge < -0.3 is 6.15 Å². The molecule has 5 heteroatoms. The largest absolute Gasteiger partial charge is 4.00 e. The molecule has 0 aliphatic heterocycles. The van der Waals surface area contributed by atoms with E-state index in [4.69, 9.17) is 0 Å². The van der Waals surface area contributed by atoms with E-state index in [-0.39, 0.29) is 32.4 Å². The van der Waals surface area contributed by atoms with Gasteiger partial charge in [-0.2, -0.15) is 0 Å². The minimum absolute atomic E-state index is 0. The Labute approximate surface area is 78.5 Å². The molecule has 0 unspecified atom stereocenters. The van der Waals surface area contributed by atoms with Gasteiger partial charge in [0.25, 0.3) is 0 Å². The van der Waals surface area contributed by atoms with Crippen molar-refractivity contribution >= 4 is 46.0 Å². The van der Waals surface area contributed by atoms with Crippen molar-refractivity contribution in [1.29, 1.82) is 0 Å². The van der Waals surface area contributed by atoms with Gasteiger partial charge in [0.1, 0.15) is 46.0 Å². The third-order valence-electron chi connectivity index (χ3n) is 0. The number of halogens is 2. The summed E-state index contributed by atoms with van der Waals surface area (Å²) in [6.07, 6.45) is 0. The van der Waals surface area contributed by atoms with Crippen LogP contribution < -0.4 is 6.15 Å². The monoisotopic (exact) mass is 377 g/mol. The van der Waals surface area contributed by atoms with Gasteiger partial charge in [0.15, 0.2) is 0 Å². The molecule has 0 fully saturated rings. The van der Waals surface area contributed by atoms with E-state index < -0.39 is 0 Å². The van der Waals surface area contributed by atoms with Crippen molar-refractivity contribution in [3.8, 4) is 0 Å². The second-order valence-corrected chi connectivity index (χ2v) is 2.62. The van der Waals surface area contributed by atoms with Crippen LogP contribution in [0.4, 0.5) is 0 Å². The van der Waals surface area contributed by atoms with Crippen molar-refractivity contribution in [2.45, 2.75) is 0 Å². The minimum Gasteiger partial charge on any atom is -0.344 e. The van der Waals surface area contributed by atoms with Crippen molar-refractivity contribution in [3.63, 3.8) is 0 Å². The van der Waals surface area contributed by atoms with Crippen LogP contribution in [0, 0.1) is 0 Å². The summed E-state index contributed by atoms with van der Waals surface area (Å²) in [5.74, 6) is 0. The predicted molar refractivity (Wildman–Crippen MR) is 34.1 cm³/mol. The Morgan fingerprint density at radius 1 is 1.20 bits per heavy atom. The van der Waals surface area contributed by atoms with E-state index in [2.05, 4.69) is 1.40 Å². The van der Waals surface area contributed by atoms with Crippen molar-refractivity contribution in [2.75, 3.05) is 0 Å². The summed E-state index contributed by atoms with van der Waals surface area (Å²) >= 11 is 3.55. The van der Waals surface area contributed by atoms with Crippen LogP contribution in [0.1, 0.15) is 0 Å². The maximum atomic E-state index is 4.19. The van der Waals surface area contributed by atoms with Crippen LogP contribution in [0.15, 0.2) is 0 Å². The zero-order chi connectivity index (χ0) is 2.71. The second kappa shape index (κ2) is 16.3. The van der Waals surface area contributed by atoms with Crippen LogP contribution in [0.5, 0.6) is 0 Å². The first-order chi connectivity index (χ1) is 1.41. The number of hydrogen-bond acceptors (Lipinski definition) is 2. The topological polar surface area (TPSA) is 44.2 Å². The van der Waals surface area contributed by atoms with Gasteiger partial charge in [-0.05, 0) is 0 Å². The van der Waals surface area contributed by atoms with Gasteiger partial charge in [-0.1, -0.05) is 0 Å². The maximum absolute atomic E-state index is 4.19. The Kier molecular flexibility index (Phi) is 51.1. The van der Waals surface area contributed by atoms with Crippen LogP contribution in [-0.4, -0.2) is 0 Å². The Morgan fingerprint density at radius 3 is 1.20 bits per heavy atom. The average molecular weight is 378 g/mol. The first-order valence-corrected chi connectivity index (χ1v) is 2.07. The fourth-order valence-electron chi connectivity index (χ4n) is 0. The first-order valence-electron chi connectivity index (χ1n) is 0.309. The molecular weight excluding hydrogens is 375 g/mol. The molecule has 0 aliphatic carbocycles. The fraction of sp³-hybridized carbons (Fsp3) is 0. The maximum Gasteiger partial charge on any atom is 4.00 e. The molecule has 5 heavy (non-hydrogen) atoms. The Hall–Kier alpha value is 2.26. The van der Waals surface area contributed by atoms with E-state index in [1.807, 2.05) is 0 Å². The molecule has 0 aromatic rings. The molecule has 0 heterocycles. The van der Waals surface area contributed by atoms with E-state index in [0.717, 1.165) is 0 Å². The van der Waals surface area contributed by atoms with Crippen molar-refractivity contribution in [2.24, 2.45) is 0 Å². The summed E-state index contributed by atoms with van der Waals surface area (Å²) in [5.41, 5.74) is 0. The SMILES string of the molecule is IOI.N.[Zr+4]. The molecule has 0 aliphatic rings. The summed E-state index contributed by atoms with van der Waals surface area (Å²) in [6.45, 7) is 0. The summed E-state index contributed by atoms with van der Waals surface area (Å²) in [4.78, 5) is 0. The van der Waals surface area contributed by atoms with Crippen LogP contribution in [0.3, 0.4) is 0 Å². The van der Waals surface area contributed by atoms with Gasteiger partial charge in [-0.15, -0.1) is 0 Å². The third-order valence-corrected chi connectivity index (χ3v) is 0. The average Bonchev–Trinajstić information content (AvgIpc) is 0.918. The fourth-order valence-corrected chi connectivity index (χ4v) is 0. The van der Waals surface area contributed by atoms with Gasteiger partial charge in [0, 0.05) is 0 Å². The summed E-state index contributed by atoms with van der Waals surface area (Å²) in [7, 11) is 0. The number of hydrogen-bond donors (Lipinski definition) is 1. The van der Waals surface area contributed by atoms with Crippen molar-refractivity contribution in [3.05, 3.63) is 0 Å². The second-order valence-electron chi connectivity index (χ2n) is 0.0583. The zero-order valence-electron chi connectivity index (χ0n) is 2.37. The zero-order valence-corrected chi connectivity index (χ0v) is 9.14. The Morgan fingerprint density at radius 2 is 1.20 bits per heavy atom. The molecule has 3 N–H and O–H groups in total. The molecule has 0 radical (unpaired) electrons. The summed E-state index contributed by atoms with van der Waals surface area (Å²) in [6, 6.07) is 0. The minimum atomic E-state index is 0. The van der Waals surface area contributed by atoms with Crippen LogP contribution in [0.2, 0.25) is 0 Å². The summed E-state index contributed by atoms with van der Waals surface area (Å²) in [5, 5.41) is 0. The van der Waals surface area contributed by atoms with Gasteiger partial charge in [-0.25, -0.2) is 1.40 Å². The standard InChI is InChI=1S/I2O.H3N.Zr/c1-3-2;;/h;1H3;/q;;+4. The molecule has 2 nitrogen and oxygen atoms in total. The van der Waals surface area contributed by atoms with Gasteiger partial charge in [0.05, 0.1) is 0 Å². The molecule has 0 aromatic carbocycles. The first kappa shape index (κ1) is 15.7. The molecule has 28 valence electrons. The van der Waals surface area contributed by atoms with Crippen molar-refractivity contribution in [1.82, 2.24) is 6.15 Å². The smallest absolute Gasteiger partial charge is 0.344 e. The predicted octanol–water partition coefficient (Wildman–Crippen LogP) is 1.86. The third kappa shape index (κ3) is 22.2. The normalized spacial score (nSPS) is 3.60. The molecule has 0 saturated heterocycles. The summed E-state index contributed by atoms with van der Waals surface area (Å²) < 4.78 is 4.19. The van der Waals surface area contributed by atoms with Gasteiger partial charge in [0.2, 0.25) is 0 Å². The molecule has 0 rings (SSSR count). The van der Waals surface area contributed by atoms with E-state index in [1.165, 1.54) is 0 Å². The Balaban J connectivity index is -0.0000000200. The van der Waals surface area contributed by atoms with Gasteiger partial charge in [-0.3, -0.25) is 0 Å². The molecule has 0 saturated carbocycles. The quantitative estimate of drug-likeness (QED) is 0.655. The molecule has 0 aromatic heterocycles. The number of rotatable bonds is 0. The molecule has 0 spiro atoms. The molecule has 0 atom stereocenters.